The lowest BCUT2D eigenvalue weighted by Crippen LogP contribution is -2.39. The van der Waals surface area contributed by atoms with E-state index >= 15 is 0 Å². The van der Waals surface area contributed by atoms with Crippen LogP contribution in [0, 0.1) is 17.2 Å². The Morgan fingerprint density at radius 1 is 1.62 bits per heavy atom. The molecule has 0 bridgehead atoms. The zero-order chi connectivity index (χ0) is 6.78. The highest BCUT2D eigenvalue weighted by Gasteiger charge is 2.21. The fourth-order valence-electron chi connectivity index (χ4n) is 0.129. The summed E-state index contributed by atoms with van der Waals surface area (Å²) in [6, 6.07) is 2.02. The molecule has 0 aliphatic carbocycles. The number of nitrogens with zero attached hydrogens (tertiary/aromatic N) is 1. The van der Waals surface area contributed by atoms with E-state index in [-0.39, 0.29) is 5.92 Å². The first-order valence-electron chi connectivity index (χ1n) is 2.71. The van der Waals surface area contributed by atoms with Crippen molar-refractivity contribution in [3.63, 3.8) is 0 Å². The molecule has 0 unspecified atom stereocenters. The third-order valence-corrected chi connectivity index (χ3v) is 1.44. The molecule has 0 saturated heterocycles. The summed E-state index contributed by atoms with van der Waals surface area (Å²) < 4.78 is 0. The Labute approximate surface area is 50.3 Å². The Morgan fingerprint density at radius 2 is 2.00 bits per heavy atom. The maximum Gasteiger partial charge on any atom is 0.103 e. The molecule has 8 heavy (non-hydrogen) atoms. The summed E-state index contributed by atoms with van der Waals surface area (Å²) >= 11 is 0. The van der Waals surface area contributed by atoms with Crippen LogP contribution < -0.4 is 5.73 Å². The molecule has 0 aromatic heterocycles. The van der Waals surface area contributed by atoms with E-state index in [0.29, 0.717) is 0 Å². The summed E-state index contributed by atoms with van der Waals surface area (Å²) in [4.78, 5) is 0. The standard InChI is InChI=1S/C6H12N2/c1-5(2)6(3,8)4-7/h5H,8H2,1-3H3/t6-/m1/s1. The van der Waals surface area contributed by atoms with Crippen molar-refractivity contribution in [1.29, 1.82) is 5.26 Å². The second-order valence-electron chi connectivity index (χ2n) is 2.55. The molecular weight excluding hydrogens is 100 g/mol. The van der Waals surface area contributed by atoms with Crippen molar-refractivity contribution in [2.45, 2.75) is 26.3 Å². The lowest BCUT2D eigenvalue weighted by atomic mass is 9.92. The van der Waals surface area contributed by atoms with Crippen LogP contribution >= 0.6 is 0 Å². The molecule has 2 nitrogen and oxygen atoms in total. The first-order chi connectivity index (χ1) is 3.50. The number of nitrogens with two attached hydrogens (primary N) is 1. The molecule has 0 aromatic carbocycles. The van der Waals surface area contributed by atoms with Crippen LogP contribution in [0.5, 0.6) is 0 Å². The fraction of sp³-hybridized carbons (Fsp3) is 0.833. The van der Waals surface area contributed by atoms with Gasteiger partial charge >= 0.3 is 0 Å². The van der Waals surface area contributed by atoms with E-state index in [4.69, 9.17) is 11.0 Å². The normalized spacial score (nSPS) is 17.5. The summed E-state index contributed by atoms with van der Waals surface area (Å²) in [5, 5.41) is 8.39. The van der Waals surface area contributed by atoms with Gasteiger partial charge in [0.2, 0.25) is 0 Å². The first-order valence-corrected chi connectivity index (χ1v) is 2.71. The molecule has 2 heteroatoms. The smallest absolute Gasteiger partial charge is 0.103 e. The summed E-state index contributed by atoms with van der Waals surface area (Å²) in [5.41, 5.74) is 4.84. The minimum atomic E-state index is -0.653. The molecule has 0 amide bonds. The molecular formula is C6H12N2. The zero-order valence-corrected chi connectivity index (χ0v) is 5.60. The average molecular weight is 112 g/mol. The number of rotatable bonds is 1. The average Bonchev–Trinajstić information content (AvgIpc) is 1.67. The molecule has 46 valence electrons. The van der Waals surface area contributed by atoms with Crippen LogP contribution in [0.3, 0.4) is 0 Å². The van der Waals surface area contributed by atoms with Gasteiger partial charge in [0.25, 0.3) is 0 Å². The molecule has 0 fully saturated rings. The molecule has 0 heterocycles. The van der Waals surface area contributed by atoms with Crippen molar-refractivity contribution in [3.8, 4) is 6.07 Å². The van der Waals surface area contributed by atoms with E-state index in [1.807, 2.05) is 19.9 Å². The Hall–Kier alpha value is -0.550. The summed E-state index contributed by atoms with van der Waals surface area (Å²) in [7, 11) is 0. The maximum absolute atomic E-state index is 8.39. The summed E-state index contributed by atoms with van der Waals surface area (Å²) in [6.45, 7) is 5.60. The van der Waals surface area contributed by atoms with E-state index < -0.39 is 5.54 Å². The van der Waals surface area contributed by atoms with Gasteiger partial charge in [-0.2, -0.15) is 5.26 Å². The summed E-state index contributed by atoms with van der Waals surface area (Å²) in [5.74, 6) is 0.229. The van der Waals surface area contributed by atoms with Crippen LogP contribution in [-0.2, 0) is 0 Å². The van der Waals surface area contributed by atoms with Gasteiger partial charge in [-0.1, -0.05) is 13.8 Å². The Balaban J connectivity index is 3.97. The second-order valence-corrected chi connectivity index (χ2v) is 2.55. The van der Waals surface area contributed by atoms with Crippen LogP contribution in [0.2, 0.25) is 0 Å². The van der Waals surface area contributed by atoms with E-state index in [1.165, 1.54) is 0 Å². The van der Waals surface area contributed by atoms with Gasteiger partial charge < -0.3 is 5.73 Å². The van der Waals surface area contributed by atoms with Gasteiger partial charge in [-0.3, -0.25) is 0 Å². The number of nitriles is 1. The maximum atomic E-state index is 8.39. The van der Waals surface area contributed by atoms with Gasteiger partial charge in [0.05, 0.1) is 6.07 Å². The SMILES string of the molecule is CC(C)[C@](C)(N)C#N. The minimum absolute atomic E-state index is 0.229. The molecule has 0 aliphatic rings. The second kappa shape index (κ2) is 2.15. The van der Waals surface area contributed by atoms with Crippen molar-refractivity contribution < 1.29 is 0 Å². The highest BCUT2D eigenvalue weighted by atomic mass is 14.7. The highest BCUT2D eigenvalue weighted by molar-refractivity contribution is 5.02. The largest absolute Gasteiger partial charge is 0.313 e. The van der Waals surface area contributed by atoms with Gasteiger partial charge in [0.1, 0.15) is 5.54 Å². The van der Waals surface area contributed by atoms with Crippen LogP contribution in [0.1, 0.15) is 20.8 Å². The first kappa shape index (κ1) is 7.45. The van der Waals surface area contributed by atoms with E-state index in [9.17, 15) is 0 Å². The van der Waals surface area contributed by atoms with Crippen LogP contribution in [0.25, 0.3) is 0 Å². The van der Waals surface area contributed by atoms with E-state index in [0.717, 1.165) is 0 Å². The predicted octanol–water partition coefficient (Wildman–Crippen LogP) is 0.883. The van der Waals surface area contributed by atoms with Crippen molar-refractivity contribution >= 4 is 0 Å². The fourth-order valence-corrected chi connectivity index (χ4v) is 0.129. The molecule has 1 atom stereocenters. The third-order valence-electron chi connectivity index (χ3n) is 1.44. The van der Waals surface area contributed by atoms with Gasteiger partial charge in [-0.15, -0.1) is 0 Å². The van der Waals surface area contributed by atoms with Gasteiger partial charge in [0.15, 0.2) is 0 Å². The molecule has 0 rings (SSSR count). The lowest BCUT2D eigenvalue weighted by molar-refractivity contribution is 0.430. The van der Waals surface area contributed by atoms with Crippen LogP contribution in [0.15, 0.2) is 0 Å². The highest BCUT2D eigenvalue weighted by Crippen LogP contribution is 2.09. The number of hydrogen-bond acceptors (Lipinski definition) is 2. The van der Waals surface area contributed by atoms with E-state index in [2.05, 4.69) is 0 Å². The van der Waals surface area contributed by atoms with Crippen molar-refractivity contribution in [1.82, 2.24) is 0 Å². The van der Waals surface area contributed by atoms with Gasteiger partial charge in [0, 0.05) is 0 Å². The molecule has 0 aromatic rings. The quantitative estimate of drug-likeness (QED) is 0.547. The van der Waals surface area contributed by atoms with Crippen molar-refractivity contribution in [2.75, 3.05) is 0 Å². The van der Waals surface area contributed by atoms with Crippen LogP contribution in [0.4, 0.5) is 0 Å². The van der Waals surface area contributed by atoms with Crippen molar-refractivity contribution in [3.05, 3.63) is 0 Å². The lowest BCUT2D eigenvalue weighted by Gasteiger charge is -2.18. The molecule has 0 saturated carbocycles. The monoisotopic (exact) mass is 112 g/mol. The van der Waals surface area contributed by atoms with Gasteiger partial charge in [-0.05, 0) is 12.8 Å². The molecule has 2 N–H and O–H groups in total. The van der Waals surface area contributed by atoms with Crippen molar-refractivity contribution in [2.24, 2.45) is 11.7 Å². The van der Waals surface area contributed by atoms with E-state index in [1.54, 1.807) is 6.92 Å². The zero-order valence-electron chi connectivity index (χ0n) is 5.60. The molecule has 0 aliphatic heterocycles. The minimum Gasteiger partial charge on any atom is -0.313 e. The Kier molecular flexibility index (Phi) is 2.00. The summed E-state index contributed by atoms with van der Waals surface area (Å²) in [6.07, 6.45) is 0. The Bertz CT molecular complexity index is 108. The topological polar surface area (TPSA) is 49.8 Å². The Morgan fingerprint density at radius 3 is 2.00 bits per heavy atom. The van der Waals surface area contributed by atoms with Crippen LogP contribution in [-0.4, -0.2) is 5.54 Å². The predicted molar refractivity (Wildman–Crippen MR) is 33.0 cm³/mol. The number of hydrogen-bond donors (Lipinski definition) is 1. The third kappa shape index (κ3) is 1.51. The van der Waals surface area contributed by atoms with Gasteiger partial charge in [-0.25, -0.2) is 0 Å². The molecule has 0 radical (unpaired) electrons. The molecule has 0 spiro atoms.